The molecule has 5 heteroatoms. The maximum absolute atomic E-state index is 12.9. The molecule has 0 saturated heterocycles. The SMILES string of the molecule is COc1cc2ccccc2cc1C(=O)Nc1cccc(-c2csc(C)n2)c1. The average molecular weight is 374 g/mol. The standard InChI is InChI=1S/C22H18N2O2S/c1-14-23-20(13-27-14)17-8-5-9-18(10-17)24-22(25)19-11-15-6-3-4-7-16(15)12-21(19)26-2/h3-13H,1-2H3,(H,24,25). The lowest BCUT2D eigenvalue weighted by atomic mass is 10.0. The van der Waals surface area contributed by atoms with Crippen molar-refractivity contribution in [1.82, 2.24) is 4.98 Å². The van der Waals surface area contributed by atoms with E-state index in [9.17, 15) is 4.79 Å². The third-order valence-corrected chi connectivity index (χ3v) is 5.12. The fourth-order valence-electron chi connectivity index (χ4n) is 3.02. The second-order valence-electron chi connectivity index (χ2n) is 6.19. The molecule has 1 aromatic heterocycles. The van der Waals surface area contributed by atoms with Gasteiger partial charge in [0.1, 0.15) is 5.75 Å². The van der Waals surface area contributed by atoms with Crippen LogP contribution in [0.4, 0.5) is 5.69 Å². The third kappa shape index (κ3) is 3.55. The smallest absolute Gasteiger partial charge is 0.259 e. The van der Waals surface area contributed by atoms with Crippen LogP contribution in [-0.4, -0.2) is 18.0 Å². The van der Waals surface area contributed by atoms with Gasteiger partial charge in [-0.1, -0.05) is 36.4 Å². The maximum Gasteiger partial charge on any atom is 0.259 e. The molecule has 27 heavy (non-hydrogen) atoms. The van der Waals surface area contributed by atoms with Crippen LogP contribution >= 0.6 is 11.3 Å². The molecule has 0 saturated carbocycles. The van der Waals surface area contributed by atoms with Gasteiger partial charge in [-0.15, -0.1) is 11.3 Å². The van der Waals surface area contributed by atoms with Crippen molar-refractivity contribution in [2.24, 2.45) is 0 Å². The Morgan fingerprint density at radius 2 is 1.81 bits per heavy atom. The summed E-state index contributed by atoms with van der Waals surface area (Å²) in [5.41, 5.74) is 3.11. The Morgan fingerprint density at radius 1 is 1.04 bits per heavy atom. The van der Waals surface area contributed by atoms with E-state index in [0.717, 1.165) is 32.7 Å². The van der Waals surface area contributed by atoms with Gasteiger partial charge in [0.15, 0.2) is 0 Å². The number of carbonyl (C=O) groups excluding carboxylic acids is 1. The van der Waals surface area contributed by atoms with Gasteiger partial charge in [-0.05, 0) is 42.0 Å². The number of nitrogens with zero attached hydrogens (tertiary/aromatic N) is 1. The lowest BCUT2D eigenvalue weighted by molar-refractivity contribution is 0.102. The van der Waals surface area contributed by atoms with Crippen LogP contribution in [0.25, 0.3) is 22.0 Å². The number of hydrogen-bond acceptors (Lipinski definition) is 4. The Hall–Kier alpha value is -3.18. The molecule has 0 radical (unpaired) electrons. The first-order chi connectivity index (χ1) is 13.1. The van der Waals surface area contributed by atoms with Crippen LogP contribution in [0.5, 0.6) is 5.75 Å². The quantitative estimate of drug-likeness (QED) is 0.511. The number of rotatable bonds is 4. The van der Waals surface area contributed by atoms with Crippen LogP contribution in [0.3, 0.4) is 0 Å². The third-order valence-electron chi connectivity index (χ3n) is 4.35. The average Bonchev–Trinajstić information content (AvgIpc) is 3.13. The van der Waals surface area contributed by atoms with Crippen LogP contribution < -0.4 is 10.1 Å². The number of carbonyl (C=O) groups is 1. The molecule has 4 aromatic rings. The highest BCUT2D eigenvalue weighted by molar-refractivity contribution is 7.09. The molecule has 1 N–H and O–H groups in total. The zero-order chi connectivity index (χ0) is 18.8. The summed E-state index contributed by atoms with van der Waals surface area (Å²) in [6.07, 6.45) is 0. The van der Waals surface area contributed by atoms with Crippen molar-refractivity contribution in [3.05, 3.63) is 76.6 Å². The molecule has 0 aliphatic heterocycles. The lowest BCUT2D eigenvalue weighted by Crippen LogP contribution is -2.13. The van der Waals surface area contributed by atoms with Gasteiger partial charge in [0, 0.05) is 16.6 Å². The van der Waals surface area contributed by atoms with E-state index in [1.807, 2.05) is 73.0 Å². The second-order valence-corrected chi connectivity index (χ2v) is 7.25. The molecule has 0 aliphatic carbocycles. The van der Waals surface area contributed by atoms with Crippen LogP contribution in [0.2, 0.25) is 0 Å². The van der Waals surface area contributed by atoms with Crippen LogP contribution in [0.15, 0.2) is 66.0 Å². The number of thiazole rings is 1. The number of ether oxygens (including phenoxy) is 1. The first-order valence-electron chi connectivity index (χ1n) is 8.55. The minimum Gasteiger partial charge on any atom is -0.496 e. The van der Waals surface area contributed by atoms with Gasteiger partial charge < -0.3 is 10.1 Å². The van der Waals surface area contributed by atoms with Gasteiger partial charge in [-0.2, -0.15) is 0 Å². The molecule has 0 unspecified atom stereocenters. The van der Waals surface area contributed by atoms with Gasteiger partial charge >= 0.3 is 0 Å². The summed E-state index contributed by atoms with van der Waals surface area (Å²) in [6.45, 7) is 1.98. The van der Waals surface area contributed by atoms with Crippen LogP contribution in [0, 0.1) is 6.92 Å². The highest BCUT2D eigenvalue weighted by Gasteiger charge is 2.14. The molecule has 0 bridgehead atoms. The maximum atomic E-state index is 12.9. The zero-order valence-corrected chi connectivity index (χ0v) is 15.8. The molecule has 134 valence electrons. The van der Waals surface area contributed by atoms with Crippen molar-refractivity contribution in [2.45, 2.75) is 6.92 Å². The molecule has 0 spiro atoms. The molecular formula is C22H18N2O2S. The molecule has 0 atom stereocenters. The van der Waals surface area contributed by atoms with Crippen molar-refractivity contribution >= 4 is 33.7 Å². The normalized spacial score (nSPS) is 10.7. The Bertz CT molecular complexity index is 1130. The van der Waals surface area contributed by atoms with E-state index >= 15 is 0 Å². The number of nitrogens with one attached hydrogen (secondary N) is 1. The highest BCUT2D eigenvalue weighted by Crippen LogP contribution is 2.28. The van der Waals surface area contributed by atoms with Gasteiger partial charge in [0.25, 0.3) is 5.91 Å². The van der Waals surface area contributed by atoms with Crippen molar-refractivity contribution in [2.75, 3.05) is 12.4 Å². The summed E-state index contributed by atoms with van der Waals surface area (Å²) in [7, 11) is 1.58. The molecule has 0 fully saturated rings. The summed E-state index contributed by atoms with van der Waals surface area (Å²) in [5, 5.41) is 8.03. The monoisotopic (exact) mass is 374 g/mol. The molecule has 0 aliphatic rings. The first-order valence-corrected chi connectivity index (χ1v) is 9.43. The van der Waals surface area contributed by atoms with Crippen molar-refractivity contribution in [3.8, 4) is 17.0 Å². The van der Waals surface area contributed by atoms with Crippen LogP contribution in [-0.2, 0) is 0 Å². The van der Waals surface area contributed by atoms with E-state index in [2.05, 4.69) is 10.3 Å². The van der Waals surface area contributed by atoms with Crippen molar-refractivity contribution in [3.63, 3.8) is 0 Å². The van der Waals surface area contributed by atoms with E-state index in [1.165, 1.54) is 0 Å². The van der Waals surface area contributed by atoms with E-state index in [4.69, 9.17) is 4.74 Å². The molecular weight excluding hydrogens is 356 g/mol. The first kappa shape index (κ1) is 17.2. The number of aryl methyl sites for hydroxylation is 1. The number of hydrogen-bond donors (Lipinski definition) is 1. The Morgan fingerprint density at radius 3 is 2.52 bits per heavy atom. The summed E-state index contributed by atoms with van der Waals surface area (Å²) in [6, 6.07) is 19.3. The van der Waals surface area contributed by atoms with Gasteiger partial charge in [-0.3, -0.25) is 4.79 Å². The van der Waals surface area contributed by atoms with Crippen LogP contribution in [0.1, 0.15) is 15.4 Å². The largest absolute Gasteiger partial charge is 0.496 e. The molecule has 1 heterocycles. The summed E-state index contributed by atoms with van der Waals surface area (Å²) in [4.78, 5) is 17.4. The Kier molecular flexibility index (Phi) is 4.60. The Labute approximate surface area is 161 Å². The minimum atomic E-state index is -0.204. The minimum absolute atomic E-state index is 0.204. The van der Waals surface area contributed by atoms with E-state index in [1.54, 1.807) is 18.4 Å². The number of aromatic nitrogens is 1. The summed E-state index contributed by atoms with van der Waals surface area (Å²) in [5.74, 6) is 0.349. The molecule has 3 aromatic carbocycles. The van der Waals surface area contributed by atoms with Crippen molar-refractivity contribution < 1.29 is 9.53 Å². The van der Waals surface area contributed by atoms with Crippen molar-refractivity contribution in [1.29, 1.82) is 0 Å². The lowest BCUT2D eigenvalue weighted by Gasteiger charge is -2.11. The van der Waals surface area contributed by atoms with E-state index in [0.29, 0.717) is 11.3 Å². The van der Waals surface area contributed by atoms with E-state index < -0.39 is 0 Å². The number of amides is 1. The van der Waals surface area contributed by atoms with Gasteiger partial charge in [-0.25, -0.2) is 4.98 Å². The summed E-state index contributed by atoms with van der Waals surface area (Å²) >= 11 is 1.61. The Balaban J connectivity index is 1.65. The topological polar surface area (TPSA) is 51.2 Å². The number of anilines is 1. The van der Waals surface area contributed by atoms with Gasteiger partial charge in [0.2, 0.25) is 0 Å². The number of methoxy groups -OCH3 is 1. The number of fused-ring (bicyclic) bond motifs is 1. The fourth-order valence-corrected chi connectivity index (χ4v) is 3.64. The zero-order valence-electron chi connectivity index (χ0n) is 15.0. The predicted octanol–water partition coefficient (Wildman–Crippen LogP) is 5.53. The predicted molar refractivity (Wildman–Crippen MR) is 111 cm³/mol. The second kappa shape index (κ2) is 7.21. The highest BCUT2D eigenvalue weighted by atomic mass is 32.1. The molecule has 1 amide bonds. The molecule has 4 nitrogen and oxygen atoms in total. The van der Waals surface area contributed by atoms with Gasteiger partial charge in [0.05, 0.1) is 23.4 Å². The number of benzene rings is 3. The summed E-state index contributed by atoms with van der Waals surface area (Å²) < 4.78 is 5.44. The molecule has 4 rings (SSSR count). The fraction of sp³-hybridized carbons (Fsp3) is 0.0909. The van der Waals surface area contributed by atoms with E-state index in [-0.39, 0.29) is 5.91 Å².